The van der Waals surface area contributed by atoms with Crippen LogP contribution in [0.1, 0.15) is 28.9 Å². The summed E-state index contributed by atoms with van der Waals surface area (Å²) in [5.41, 5.74) is 4.28. The number of halogens is 1. The quantitative estimate of drug-likeness (QED) is 0.580. The number of hydrogen-bond acceptors (Lipinski definition) is 3. The van der Waals surface area contributed by atoms with Gasteiger partial charge in [0.05, 0.1) is 12.1 Å². The van der Waals surface area contributed by atoms with Crippen molar-refractivity contribution in [3.05, 3.63) is 76.8 Å². The Bertz CT molecular complexity index is 1080. The fourth-order valence-corrected chi connectivity index (χ4v) is 3.60. The summed E-state index contributed by atoms with van der Waals surface area (Å²) in [4.78, 5) is 26.3. The highest BCUT2D eigenvalue weighted by atomic mass is 19.1. The summed E-state index contributed by atoms with van der Waals surface area (Å²) in [7, 11) is 1.60. The van der Waals surface area contributed by atoms with E-state index in [9.17, 15) is 14.0 Å². The maximum atomic E-state index is 13.9. The van der Waals surface area contributed by atoms with Gasteiger partial charge in [0.2, 0.25) is 11.8 Å². The number of nitrogens with zero attached hydrogens (tertiary/aromatic N) is 1. The van der Waals surface area contributed by atoms with Crippen molar-refractivity contribution < 1.29 is 18.4 Å². The van der Waals surface area contributed by atoms with E-state index in [-0.39, 0.29) is 30.6 Å². The zero-order chi connectivity index (χ0) is 22.5. The highest BCUT2D eigenvalue weighted by Crippen LogP contribution is 2.25. The summed E-state index contributed by atoms with van der Waals surface area (Å²) in [5.74, 6) is 0.249. The summed E-state index contributed by atoms with van der Waals surface area (Å²) in [6.07, 6.45) is 0.562. The van der Waals surface area contributed by atoms with Crippen LogP contribution in [0.2, 0.25) is 0 Å². The summed E-state index contributed by atoms with van der Waals surface area (Å²) < 4.78 is 19.6. The molecule has 0 spiro atoms. The van der Waals surface area contributed by atoms with Crippen LogP contribution in [0, 0.1) is 26.6 Å². The third-order valence-electron chi connectivity index (χ3n) is 5.13. The largest absolute Gasteiger partial charge is 0.461 e. The minimum atomic E-state index is -0.357. The van der Waals surface area contributed by atoms with Crippen LogP contribution in [0.4, 0.5) is 10.1 Å². The standard InChI is InChI=1S/C25H27FN2O3/c1-16-13-17(2)25(18(3)14-16)27-23(29)15-28(4)24(30)12-10-19-9-11-22(31-19)20-7-5-6-8-21(20)26/h5-9,11,13-14H,10,12,15H2,1-4H3,(H,27,29). The average molecular weight is 423 g/mol. The molecule has 2 aromatic carbocycles. The van der Waals surface area contributed by atoms with Crippen LogP contribution in [0.5, 0.6) is 0 Å². The Labute approximate surface area is 181 Å². The van der Waals surface area contributed by atoms with E-state index >= 15 is 0 Å². The number of benzene rings is 2. The van der Waals surface area contributed by atoms with Crippen LogP contribution in [0.15, 0.2) is 52.9 Å². The fourth-order valence-electron chi connectivity index (χ4n) is 3.60. The molecule has 6 heteroatoms. The first-order chi connectivity index (χ1) is 14.7. The molecule has 0 saturated heterocycles. The number of nitrogens with one attached hydrogen (secondary N) is 1. The van der Waals surface area contributed by atoms with Crippen molar-refractivity contribution in [3.8, 4) is 11.3 Å². The van der Waals surface area contributed by atoms with Gasteiger partial charge in [-0.1, -0.05) is 29.8 Å². The Balaban J connectivity index is 1.53. The lowest BCUT2D eigenvalue weighted by Gasteiger charge is -2.18. The van der Waals surface area contributed by atoms with Gasteiger partial charge in [0.1, 0.15) is 17.3 Å². The Morgan fingerprint density at radius 3 is 2.39 bits per heavy atom. The van der Waals surface area contributed by atoms with Gasteiger partial charge in [0, 0.05) is 25.6 Å². The van der Waals surface area contributed by atoms with Crippen molar-refractivity contribution in [1.29, 1.82) is 0 Å². The van der Waals surface area contributed by atoms with E-state index in [0.717, 1.165) is 22.4 Å². The molecule has 3 aromatic rings. The fraction of sp³-hybridized carbons (Fsp3) is 0.280. The van der Waals surface area contributed by atoms with Gasteiger partial charge in [0.25, 0.3) is 0 Å². The molecule has 3 rings (SSSR count). The van der Waals surface area contributed by atoms with Gasteiger partial charge in [-0.3, -0.25) is 9.59 Å². The summed E-state index contributed by atoms with van der Waals surface area (Å²) in [5, 5.41) is 2.91. The van der Waals surface area contributed by atoms with Crippen LogP contribution in [0.25, 0.3) is 11.3 Å². The number of aryl methyl sites for hydroxylation is 4. The minimum absolute atomic E-state index is 0.0375. The van der Waals surface area contributed by atoms with Gasteiger partial charge in [0.15, 0.2) is 0 Å². The van der Waals surface area contributed by atoms with Crippen molar-refractivity contribution >= 4 is 17.5 Å². The van der Waals surface area contributed by atoms with Gasteiger partial charge < -0.3 is 14.6 Å². The lowest BCUT2D eigenvalue weighted by Crippen LogP contribution is -2.35. The maximum absolute atomic E-state index is 13.9. The molecule has 1 N–H and O–H groups in total. The summed E-state index contributed by atoms with van der Waals surface area (Å²) >= 11 is 0. The monoisotopic (exact) mass is 422 g/mol. The predicted molar refractivity (Wildman–Crippen MR) is 119 cm³/mol. The van der Waals surface area contributed by atoms with Crippen molar-refractivity contribution in [1.82, 2.24) is 4.90 Å². The van der Waals surface area contributed by atoms with E-state index in [1.54, 1.807) is 37.4 Å². The Kier molecular flexibility index (Phi) is 6.90. The number of amides is 2. The van der Waals surface area contributed by atoms with E-state index in [4.69, 9.17) is 4.42 Å². The molecule has 2 amide bonds. The molecule has 0 saturated carbocycles. The second-order valence-electron chi connectivity index (χ2n) is 7.82. The highest BCUT2D eigenvalue weighted by molar-refractivity contribution is 5.95. The van der Waals surface area contributed by atoms with E-state index in [0.29, 0.717) is 23.5 Å². The lowest BCUT2D eigenvalue weighted by molar-refractivity contribution is -0.133. The molecule has 0 aliphatic rings. The average Bonchev–Trinajstić information content (AvgIpc) is 3.18. The van der Waals surface area contributed by atoms with Crippen LogP contribution in [-0.4, -0.2) is 30.3 Å². The summed E-state index contributed by atoms with van der Waals surface area (Å²) in [6, 6.07) is 13.8. The number of rotatable bonds is 7. The number of carbonyl (C=O) groups is 2. The number of furan rings is 1. The molecule has 162 valence electrons. The third kappa shape index (κ3) is 5.60. The van der Waals surface area contributed by atoms with Crippen LogP contribution in [0.3, 0.4) is 0 Å². The van der Waals surface area contributed by atoms with Crippen molar-refractivity contribution in [2.75, 3.05) is 18.9 Å². The summed E-state index contributed by atoms with van der Waals surface area (Å²) in [6.45, 7) is 5.87. The van der Waals surface area contributed by atoms with Gasteiger partial charge in [-0.15, -0.1) is 0 Å². The Morgan fingerprint density at radius 2 is 1.71 bits per heavy atom. The first-order valence-electron chi connectivity index (χ1n) is 10.2. The van der Waals surface area contributed by atoms with Gasteiger partial charge in [-0.05, 0) is 56.2 Å². The predicted octanol–water partition coefficient (Wildman–Crippen LogP) is 5.04. The maximum Gasteiger partial charge on any atom is 0.243 e. The normalized spacial score (nSPS) is 10.7. The Morgan fingerprint density at radius 1 is 1.03 bits per heavy atom. The van der Waals surface area contributed by atoms with Gasteiger partial charge in [-0.2, -0.15) is 0 Å². The van der Waals surface area contributed by atoms with Crippen molar-refractivity contribution in [3.63, 3.8) is 0 Å². The molecule has 0 fully saturated rings. The van der Waals surface area contributed by atoms with Crippen LogP contribution in [-0.2, 0) is 16.0 Å². The first-order valence-corrected chi connectivity index (χ1v) is 10.2. The van der Waals surface area contributed by atoms with E-state index < -0.39 is 0 Å². The zero-order valence-corrected chi connectivity index (χ0v) is 18.3. The molecular weight excluding hydrogens is 395 g/mol. The van der Waals surface area contributed by atoms with Gasteiger partial charge >= 0.3 is 0 Å². The molecule has 0 unspecified atom stereocenters. The molecule has 0 aliphatic heterocycles. The molecule has 0 radical (unpaired) electrons. The Hall–Kier alpha value is -3.41. The van der Waals surface area contributed by atoms with Crippen LogP contribution >= 0.6 is 0 Å². The molecular formula is C25H27FN2O3. The molecule has 0 atom stereocenters. The number of anilines is 1. The van der Waals surface area contributed by atoms with E-state index in [1.165, 1.54) is 11.0 Å². The third-order valence-corrected chi connectivity index (χ3v) is 5.13. The first kappa shape index (κ1) is 22.3. The molecule has 1 heterocycles. The molecule has 31 heavy (non-hydrogen) atoms. The van der Waals surface area contributed by atoms with Crippen molar-refractivity contribution in [2.24, 2.45) is 0 Å². The van der Waals surface area contributed by atoms with Crippen molar-refractivity contribution in [2.45, 2.75) is 33.6 Å². The number of hydrogen-bond donors (Lipinski definition) is 1. The van der Waals surface area contributed by atoms with E-state index in [1.807, 2.05) is 32.9 Å². The lowest BCUT2D eigenvalue weighted by atomic mass is 10.1. The molecule has 5 nitrogen and oxygen atoms in total. The topological polar surface area (TPSA) is 62.6 Å². The van der Waals surface area contributed by atoms with E-state index in [2.05, 4.69) is 5.32 Å². The molecule has 0 aliphatic carbocycles. The molecule has 0 bridgehead atoms. The SMILES string of the molecule is Cc1cc(C)c(NC(=O)CN(C)C(=O)CCc2ccc(-c3ccccc3F)o2)c(C)c1. The smallest absolute Gasteiger partial charge is 0.243 e. The van der Waals surface area contributed by atoms with Crippen LogP contribution < -0.4 is 5.32 Å². The minimum Gasteiger partial charge on any atom is -0.461 e. The number of likely N-dealkylation sites (N-methyl/N-ethyl adjacent to an activating group) is 1. The zero-order valence-electron chi connectivity index (χ0n) is 18.3. The highest BCUT2D eigenvalue weighted by Gasteiger charge is 2.16. The molecule has 1 aromatic heterocycles. The number of carbonyl (C=O) groups excluding carboxylic acids is 2. The second-order valence-corrected chi connectivity index (χ2v) is 7.82. The second kappa shape index (κ2) is 9.60. The van der Waals surface area contributed by atoms with Gasteiger partial charge in [-0.25, -0.2) is 4.39 Å².